The Labute approximate surface area is 130 Å². The van der Waals surface area contributed by atoms with E-state index in [2.05, 4.69) is 28.9 Å². The fraction of sp³-hybridized carbons (Fsp3) is 0.812. The molecular formula is C16H25N3O3. The van der Waals surface area contributed by atoms with Crippen LogP contribution in [0.25, 0.3) is 0 Å². The number of hydrogen-bond acceptors (Lipinski definition) is 5. The molecule has 2 fully saturated rings. The predicted octanol–water partition coefficient (Wildman–Crippen LogP) is 2.49. The Morgan fingerprint density at radius 2 is 2.18 bits per heavy atom. The van der Waals surface area contributed by atoms with Crippen molar-refractivity contribution in [3.05, 3.63) is 11.7 Å². The second-order valence-corrected chi connectivity index (χ2v) is 7.08. The van der Waals surface area contributed by atoms with E-state index < -0.39 is 12.0 Å². The quantitative estimate of drug-likeness (QED) is 0.900. The lowest BCUT2D eigenvalue weighted by Crippen LogP contribution is -2.41. The van der Waals surface area contributed by atoms with E-state index in [0.29, 0.717) is 30.3 Å². The maximum Gasteiger partial charge on any atom is 0.320 e. The SMILES string of the molecule is CC(C)Cc1noc(CN2[C@H](C(=O)O)C[C@@H]3CCCC[C@@H]32)n1. The van der Waals surface area contributed by atoms with Crippen LogP contribution in [0.1, 0.15) is 57.7 Å². The van der Waals surface area contributed by atoms with Gasteiger partial charge in [-0.2, -0.15) is 4.98 Å². The second kappa shape index (κ2) is 6.36. The summed E-state index contributed by atoms with van der Waals surface area (Å²) in [6, 6.07) is -0.0520. The van der Waals surface area contributed by atoms with Crippen LogP contribution >= 0.6 is 0 Å². The molecule has 6 heteroatoms. The van der Waals surface area contributed by atoms with E-state index >= 15 is 0 Å². The van der Waals surface area contributed by atoms with Crippen LogP contribution in [-0.2, 0) is 17.8 Å². The van der Waals surface area contributed by atoms with E-state index in [1.165, 1.54) is 12.8 Å². The third-order valence-corrected chi connectivity index (χ3v) is 4.93. The van der Waals surface area contributed by atoms with E-state index in [9.17, 15) is 9.90 Å². The molecule has 0 aromatic carbocycles. The predicted molar refractivity (Wildman–Crippen MR) is 80.2 cm³/mol. The lowest BCUT2D eigenvalue weighted by molar-refractivity contribution is -0.143. The zero-order chi connectivity index (χ0) is 15.7. The Hall–Kier alpha value is -1.43. The first-order valence-corrected chi connectivity index (χ1v) is 8.34. The van der Waals surface area contributed by atoms with Crippen LogP contribution in [0.4, 0.5) is 0 Å². The average Bonchev–Trinajstić information content (AvgIpc) is 3.04. The molecule has 2 aliphatic rings. The standard InChI is InChI=1S/C16H25N3O3/c1-10(2)7-14-17-15(22-18-14)9-19-12-6-4-3-5-11(12)8-13(19)16(20)21/h10-13H,3-9H2,1-2H3,(H,20,21)/t11-,12-,13-/m0/s1. The van der Waals surface area contributed by atoms with E-state index in [-0.39, 0.29) is 0 Å². The molecule has 3 atom stereocenters. The number of likely N-dealkylation sites (tertiary alicyclic amines) is 1. The van der Waals surface area contributed by atoms with Gasteiger partial charge in [-0.1, -0.05) is 31.8 Å². The maximum absolute atomic E-state index is 11.6. The Morgan fingerprint density at radius 1 is 1.41 bits per heavy atom. The number of carbonyl (C=O) groups is 1. The van der Waals surface area contributed by atoms with Crippen LogP contribution in [0.3, 0.4) is 0 Å². The van der Waals surface area contributed by atoms with Gasteiger partial charge in [-0.25, -0.2) is 0 Å². The normalized spacial score (nSPS) is 29.0. The highest BCUT2D eigenvalue weighted by Gasteiger charge is 2.45. The molecule has 0 unspecified atom stereocenters. The van der Waals surface area contributed by atoms with Gasteiger partial charge >= 0.3 is 5.97 Å². The van der Waals surface area contributed by atoms with Crippen LogP contribution in [0, 0.1) is 11.8 Å². The summed E-state index contributed by atoms with van der Waals surface area (Å²) < 4.78 is 5.34. The molecule has 3 rings (SSSR count). The molecule has 1 saturated heterocycles. The first-order valence-electron chi connectivity index (χ1n) is 8.34. The molecule has 1 aliphatic heterocycles. The highest BCUT2D eigenvalue weighted by molar-refractivity contribution is 5.74. The first kappa shape index (κ1) is 15.5. The topological polar surface area (TPSA) is 79.5 Å². The largest absolute Gasteiger partial charge is 0.480 e. The van der Waals surface area contributed by atoms with Crippen LogP contribution < -0.4 is 0 Å². The molecule has 1 aromatic heterocycles. The Kier molecular flexibility index (Phi) is 4.47. The van der Waals surface area contributed by atoms with Gasteiger partial charge in [0.1, 0.15) is 6.04 Å². The minimum absolute atomic E-state index is 0.357. The number of carboxylic acids is 1. The smallest absolute Gasteiger partial charge is 0.320 e. The summed E-state index contributed by atoms with van der Waals surface area (Å²) in [4.78, 5) is 18.1. The summed E-state index contributed by atoms with van der Waals surface area (Å²) >= 11 is 0. The zero-order valence-corrected chi connectivity index (χ0v) is 13.4. The van der Waals surface area contributed by atoms with Gasteiger partial charge in [0.25, 0.3) is 0 Å². The van der Waals surface area contributed by atoms with Gasteiger partial charge in [-0.3, -0.25) is 9.69 Å². The summed E-state index contributed by atoms with van der Waals surface area (Å²) in [6.07, 6.45) is 6.19. The number of rotatable bonds is 5. The van der Waals surface area contributed by atoms with Crippen molar-refractivity contribution in [2.75, 3.05) is 0 Å². The molecular weight excluding hydrogens is 282 g/mol. The van der Waals surface area contributed by atoms with Crippen molar-refractivity contribution in [3.8, 4) is 0 Å². The molecule has 1 N–H and O–H groups in total. The average molecular weight is 307 g/mol. The molecule has 0 bridgehead atoms. The zero-order valence-electron chi connectivity index (χ0n) is 13.4. The van der Waals surface area contributed by atoms with Crippen LogP contribution in [0.5, 0.6) is 0 Å². The van der Waals surface area contributed by atoms with Crippen molar-refractivity contribution < 1.29 is 14.4 Å². The van der Waals surface area contributed by atoms with Crippen molar-refractivity contribution in [2.24, 2.45) is 11.8 Å². The van der Waals surface area contributed by atoms with Gasteiger partial charge in [-0.15, -0.1) is 0 Å². The third kappa shape index (κ3) is 3.16. The molecule has 2 heterocycles. The highest BCUT2D eigenvalue weighted by atomic mass is 16.5. The van der Waals surface area contributed by atoms with E-state index in [4.69, 9.17) is 4.52 Å². The summed E-state index contributed by atoms with van der Waals surface area (Å²) in [6.45, 7) is 4.69. The van der Waals surface area contributed by atoms with E-state index in [0.717, 1.165) is 31.5 Å². The Morgan fingerprint density at radius 3 is 2.91 bits per heavy atom. The van der Waals surface area contributed by atoms with Crippen LogP contribution in [0.2, 0.25) is 0 Å². The van der Waals surface area contributed by atoms with Crippen LogP contribution in [-0.4, -0.2) is 38.2 Å². The van der Waals surface area contributed by atoms with Crippen molar-refractivity contribution in [3.63, 3.8) is 0 Å². The van der Waals surface area contributed by atoms with E-state index in [1.54, 1.807) is 0 Å². The molecule has 0 radical (unpaired) electrons. The molecule has 22 heavy (non-hydrogen) atoms. The van der Waals surface area contributed by atoms with Gasteiger partial charge in [-0.05, 0) is 31.1 Å². The number of fused-ring (bicyclic) bond motifs is 1. The highest BCUT2D eigenvalue weighted by Crippen LogP contribution is 2.40. The Bertz CT molecular complexity index is 528. The van der Waals surface area contributed by atoms with Gasteiger partial charge < -0.3 is 9.63 Å². The molecule has 1 aliphatic carbocycles. The first-order chi connectivity index (χ1) is 10.5. The van der Waals surface area contributed by atoms with Gasteiger partial charge in [0.05, 0.1) is 6.54 Å². The fourth-order valence-electron chi connectivity index (χ4n) is 3.98. The number of carboxylic acid groups (broad SMARTS) is 1. The monoisotopic (exact) mass is 307 g/mol. The molecule has 0 spiro atoms. The number of nitrogens with zero attached hydrogens (tertiary/aromatic N) is 3. The molecule has 1 aromatic rings. The third-order valence-electron chi connectivity index (χ3n) is 4.93. The lowest BCUT2D eigenvalue weighted by atomic mass is 9.85. The maximum atomic E-state index is 11.6. The second-order valence-electron chi connectivity index (χ2n) is 7.08. The number of hydrogen-bond donors (Lipinski definition) is 1. The van der Waals surface area contributed by atoms with Crippen molar-refractivity contribution in [2.45, 2.75) is 71.0 Å². The van der Waals surface area contributed by atoms with Crippen molar-refractivity contribution in [1.82, 2.24) is 15.0 Å². The molecule has 0 amide bonds. The number of aliphatic carboxylic acids is 1. The fourth-order valence-corrected chi connectivity index (χ4v) is 3.98. The van der Waals surface area contributed by atoms with Gasteiger partial charge in [0.15, 0.2) is 5.82 Å². The summed E-state index contributed by atoms with van der Waals surface area (Å²) in [5, 5.41) is 13.5. The van der Waals surface area contributed by atoms with E-state index in [1.807, 2.05) is 0 Å². The summed E-state index contributed by atoms with van der Waals surface area (Å²) in [5.74, 6) is 1.53. The minimum atomic E-state index is -0.726. The summed E-state index contributed by atoms with van der Waals surface area (Å²) in [5.41, 5.74) is 0. The lowest BCUT2D eigenvalue weighted by Gasteiger charge is -2.31. The Balaban J connectivity index is 1.73. The van der Waals surface area contributed by atoms with Crippen molar-refractivity contribution in [1.29, 1.82) is 0 Å². The molecule has 122 valence electrons. The number of aromatic nitrogens is 2. The summed E-state index contributed by atoms with van der Waals surface area (Å²) in [7, 11) is 0. The molecule has 1 saturated carbocycles. The van der Waals surface area contributed by atoms with Gasteiger partial charge in [0, 0.05) is 12.5 Å². The van der Waals surface area contributed by atoms with Crippen molar-refractivity contribution >= 4 is 5.97 Å². The van der Waals surface area contributed by atoms with Crippen LogP contribution in [0.15, 0.2) is 4.52 Å². The minimum Gasteiger partial charge on any atom is -0.480 e. The molecule has 6 nitrogen and oxygen atoms in total. The van der Waals surface area contributed by atoms with Gasteiger partial charge in [0.2, 0.25) is 5.89 Å².